The molecule has 1 rings (SSSR count). The number of halogens is 1. The van der Waals surface area contributed by atoms with E-state index in [1.165, 1.54) is 0 Å². The molecule has 15 heavy (non-hydrogen) atoms. The number of ether oxygens (including phenoxy) is 2. The van der Waals surface area contributed by atoms with Crippen LogP contribution in [0.2, 0.25) is 0 Å². The minimum absolute atomic E-state index is 0.147. The Morgan fingerprint density at radius 2 is 2.20 bits per heavy atom. The van der Waals surface area contributed by atoms with Crippen molar-refractivity contribution in [1.82, 2.24) is 5.32 Å². The number of alkyl halides is 1. The van der Waals surface area contributed by atoms with E-state index in [0.29, 0.717) is 19.8 Å². The van der Waals surface area contributed by atoms with Crippen molar-refractivity contribution in [2.24, 2.45) is 0 Å². The smallest absolute Gasteiger partial charge is 0.252 e. The van der Waals surface area contributed by atoms with Gasteiger partial charge in [0.1, 0.15) is 0 Å². The summed E-state index contributed by atoms with van der Waals surface area (Å²) in [5.41, 5.74) is -0.445. The van der Waals surface area contributed by atoms with Gasteiger partial charge in [0.05, 0.1) is 30.7 Å². The number of hydrogen-bond donors (Lipinski definition) is 1. The van der Waals surface area contributed by atoms with Crippen LogP contribution in [0.15, 0.2) is 0 Å². The van der Waals surface area contributed by atoms with E-state index >= 15 is 0 Å². The van der Waals surface area contributed by atoms with Crippen molar-refractivity contribution < 1.29 is 14.3 Å². The van der Waals surface area contributed by atoms with Crippen LogP contribution < -0.4 is 5.32 Å². The fraction of sp³-hybridized carbons (Fsp3) is 0.900. The maximum Gasteiger partial charge on any atom is 0.252 e. The molecule has 0 aliphatic carbocycles. The van der Waals surface area contributed by atoms with Crippen LogP contribution in [-0.2, 0) is 14.3 Å². The molecule has 1 N–H and O–H groups in total. The molecule has 1 aliphatic rings. The molecule has 0 bridgehead atoms. The molecule has 1 heterocycles. The zero-order valence-electron chi connectivity index (χ0n) is 9.38. The molecule has 4 nitrogen and oxygen atoms in total. The standard InChI is InChI=1S/C10H18ClNO3/c1-7(11)10(2,3)12-9(13)8-6-14-4-5-15-8/h7-8H,4-6H2,1-3H3,(H,12,13). The first-order valence-electron chi connectivity index (χ1n) is 5.09. The second-order valence-corrected chi connectivity index (χ2v) is 4.92. The molecule has 88 valence electrons. The van der Waals surface area contributed by atoms with Gasteiger partial charge in [0, 0.05) is 0 Å². The van der Waals surface area contributed by atoms with Crippen molar-refractivity contribution in [3.05, 3.63) is 0 Å². The number of hydrogen-bond acceptors (Lipinski definition) is 3. The number of carbonyl (C=O) groups excluding carboxylic acids is 1. The summed E-state index contributed by atoms with van der Waals surface area (Å²) in [6.45, 7) is 6.95. The average Bonchev–Trinajstić information content (AvgIpc) is 2.18. The van der Waals surface area contributed by atoms with Gasteiger partial charge in [-0.05, 0) is 20.8 Å². The van der Waals surface area contributed by atoms with Crippen molar-refractivity contribution in [2.45, 2.75) is 37.8 Å². The van der Waals surface area contributed by atoms with Crippen molar-refractivity contribution in [2.75, 3.05) is 19.8 Å². The molecule has 1 aliphatic heterocycles. The molecular weight excluding hydrogens is 218 g/mol. The molecule has 0 spiro atoms. The van der Waals surface area contributed by atoms with E-state index in [9.17, 15) is 4.79 Å². The second kappa shape index (κ2) is 5.14. The van der Waals surface area contributed by atoms with Crippen molar-refractivity contribution in [3.63, 3.8) is 0 Å². The summed E-state index contributed by atoms with van der Waals surface area (Å²) >= 11 is 5.97. The topological polar surface area (TPSA) is 47.6 Å². The van der Waals surface area contributed by atoms with E-state index in [-0.39, 0.29) is 11.3 Å². The van der Waals surface area contributed by atoms with Crippen molar-refractivity contribution in [1.29, 1.82) is 0 Å². The van der Waals surface area contributed by atoms with E-state index < -0.39 is 11.6 Å². The molecule has 0 aromatic rings. The lowest BCUT2D eigenvalue weighted by molar-refractivity contribution is -0.149. The van der Waals surface area contributed by atoms with Crippen LogP contribution in [0.3, 0.4) is 0 Å². The average molecular weight is 236 g/mol. The first kappa shape index (κ1) is 12.7. The van der Waals surface area contributed by atoms with Crippen LogP contribution in [-0.4, -0.2) is 42.7 Å². The van der Waals surface area contributed by atoms with Gasteiger partial charge < -0.3 is 14.8 Å². The van der Waals surface area contributed by atoms with Crippen LogP contribution in [0.4, 0.5) is 0 Å². The summed E-state index contributed by atoms with van der Waals surface area (Å²) in [5.74, 6) is -0.160. The lowest BCUT2D eigenvalue weighted by atomic mass is 10.0. The van der Waals surface area contributed by atoms with Gasteiger partial charge >= 0.3 is 0 Å². The Hall–Kier alpha value is -0.320. The normalized spacial score (nSPS) is 24.7. The van der Waals surface area contributed by atoms with Gasteiger partial charge in [-0.25, -0.2) is 0 Å². The Balaban J connectivity index is 2.47. The molecule has 0 saturated carbocycles. The summed E-state index contributed by atoms with van der Waals surface area (Å²) in [7, 11) is 0. The van der Waals surface area contributed by atoms with Crippen molar-refractivity contribution >= 4 is 17.5 Å². The van der Waals surface area contributed by atoms with Crippen LogP contribution in [0.1, 0.15) is 20.8 Å². The van der Waals surface area contributed by atoms with E-state index in [4.69, 9.17) is 21.1 Å². The van der Waals surface area contributed by atoms with Gasteiger partial charge in [-0.3, -0.25) is 4.79 Å². The van der Waals surface area contributed by atoms with Crippen LogP contribution >= 0.6 is 11.6 Å². The number of amides is 1. The van der Waals surface area contributed by atoms with E-state index in [0.717, 1.165) is 0 Å². The fourth-order valence-corrected chi connectivity index (χ4v) is 1.19. The van der Waals surface area contributed by atoms with Crippen LogP contribution in [0, 0.1) is 0 Å². The molecule has 1 saturated heterocycles. The zero-order valence-corrected chi connectivity index (χ0v) is 10.1. The van der Waals surface area contributed by atoms with Gasteiger partial charge in [0.15, 0.2) is 6.10 Å². The highest BCUT2D eigenvalue weighted by Crippen LogP contribution is 2.15. The molecule has 0 aromatic carbocycles. The van der Waals surface area contributed by atoms with Gasteiger partial charge in [0.2, 0.25) is 0 Å². The first-order chi connectivity index (χ1) is 6.93. The van der Waals surface area contributed by atoms with Gasteiger partial charge in [-0.1, -0.05) is 0 Å². The molecule has 2 atom stereocenters. The predicted octanol–water partition coefficient (Wildman–Crippen LogP) is 0.924. The van der Waals surface area contributed by atoms with Gasteiger partial charge in [0.25, 0.3) is 5.91 Å². The lowest BCUT2D eigenvalue weighted by Gasteiger charge is -2.31. The maximum atomic E-state index is 11.7. The second-order valence-electron chi connectivity index (χ2n) is 4.26. The minimum Gasteiger partial charge on any atom is -0.376 e. The third-order valence-corrected chi connectivity index (χ3v) is 3.09. The summed E-state index contributed by atoms with van der Waals surface area (Å²) in [4.78, 5) is 11.7. The maximum absolute atomic E-state index is 11.7. The van der Waals surface area contributed by atoms with Crippen LogP contribution in [0.5, 0.6) is 0 Å². The Kier molecular flexibility index (Phi) is 4.37. The van der Waals surface area contributed by atoms with E-state index in [1.807, 2.05) is 20.8 Å². The largest absolute Gasteiger partial charge is 0.376 e. The SMILES string of the molecule is CC(Cl)C(C)(C)NC(=O)C1COCCO1. The third kappa shape index (κ3) is 3.63. The Labute approximate surface area is 95.3 Å². The molecule has 0 aromatic heterocycles. The van der Waals surface area contributed by atoms with Gasteiger partial charge in [-0.15, -0.1) is 11.6 Å². The Morgan fingerprint density at radius 3 is 2.67 bits per heavy atom. The molecule has 5 heteroatoms. The molecule has 2 unspecified atom stereocenters. The number of nitrogens with one attached hydrogen (secondary N) is 1. The molecule has 1 amide bonds. The summed E-state index contributed by atoms with van der Waals surface area (Å²) in [6, 6.07) is 0. The summed E-state index contributed by atoms with van der Waals surface area (Å²) < 4.78 is 10.4. The highest BCUT2D eigenvalue weighted by Gasteiger charge is 2.31. The fourth-order valence-electron chi connectivity index (χ4n) is 1.14. The summed E-state index contributed by atoms with van der Waals surface area (Å²) in [6.07, 6.45) is -0.506. The van der Waals surface area contributed by atoms with E-state index in [2.05, 4.69) is 5.32 Å². The Morgan fingerprint density at radius 1 is 1.53 bits per heavy atom. The monoisotopic (exact) mass is 235 g/mol. The minimum atomic E-state index is -0.506. The van der Waals surface area contributed by atoms with Crippen molar-refractivity contribution in [3.8, 4) is 0 Å². The lowest BCUT2D eigenvalue weighted by Crippen LogP contribution is -2.54. The first-order valence-corrected chi connectivity index (χ1v) is 5.52. The highest BCUT2D eigenvalue weighted by molar-refractivity contribution is 6.21. The highest BCUT2D eigenvalue weighted by atomic mass is 35.5. The van der Waals surface area contributed by atoms with Gasteiger partial charge in [-0.2, -0.15) is 0 Å². The molecule has 0 radical (unpaired) electrons. The molecule has 1 fully saturated rings. The predicted molar refractivity (Wildman–Crippen MR) is 58.1 cm³/mol. The quantitative estimate of drug-likeness (QED) is 0.741. The number of carbonyl (C=O) groups is 1. The summed E-state index contributed by atoms with van der Waals surface area (Å²) in [5, 5.41) is 2.70. The third-order valence-electron chi connectivity index (χ3n) is 2.55. The van der Waals surface area contributed by atoms with E-state index in [1.54, 1.807) is 0 Å². The number of rotatable bonds is 3. The van der Waals surface area contributed by atoms with Crippen LogP contribution in [0.25, 0.3) is 0 Å². The Bertz CT molecular complexity index is 225. The molecular formula is C10H18ClNO3. The zero-order chi connectivity index (χ0) is 11.5.